The molecule has 3 N–H and O–H groups in total. The number of amidine groups is 1. The fourth-order valence-electron chi connectivity index (χ4n) is 2.69. The summed E-state index contributed by atoms with van der Waals surface area (Å²) in [5, 5.41) is 0.428. The Labute approximate surface area is 147 Å². The van der Waals surface area contributed by atoms with E-state index in [0.717, 1.165) is 24.5 Å². The Kier molecular flexibility index (Phi) is 5.47. The molecular formula is C16H22N4O2S2. The van der Waals surface area contributed by atoms with Gasteiger partial charge in [0.05, 0.1) is 11.4 Å². The smallest absolute Gasteiger partial charge is 0.263 e. The maximum atomic E-state index is 12.3. The van der Waals surface area contributed by atoms with Crippen molar-refractivity contribution in [1.82, 2.24) is 9.62 Å². The SMILES string of the molecule is Nc1ccc(S(=O)(=O)NC2=NC/C(=C/CN3CCCCC3)S2)cc1. The Morgan fingerprint density at radius 3 is 2.62 bits per heavy atom. The third kappa shape index (κ3) is 4.52. The molecule has 0 atom stereocenters. The predicted octanol–water partition coefficient (Wildman–Crippen LogP) is 2.02. The third-order valence-corrected chi connectivity index (χ3v) is 6.51. The molecule has 1 fully saturated rings. The van der Waals surface area contributed by atoms with Gasteiger partial charge in [-0.2, -0.15) is 0 Å². The molecule has 24 heavy (non-hydrogen) atoms. The molecule has 0 aromatic heterocycles. The van der Waals surface area contributed by atoms with Crippen LogP contribution in [0.1, 0.15) is 19.3 Å². The summed E-state index contributed by atoms with van der Waals surface area (Å²) in [6.07, 6.45) is 6.00. The van der Waals surface area contributed by atoms with Gasteiger partial charge in [0.1, 0.15) is 0 Å². The number of sulfonamides is 1. The van der Waals surface area contributed by atoms with Crippen LogP contribution in [0, 0.1) is 0 Å². The molecule has 1 aromatic carbocycles. The van der Waals surface area contributed by atoms with Gasteiger partial charge in [-0.25, -0.2) is 8.42 Å². The summed E-state index contributed by atoms with van der Waals surface area (Å²) < 4.78 is 27.2. The molecule has 2 aliphatic rings. The maximum absolute atomic E-state index is 12.3. The van der Waals surface area contributed by atoms with Crippen molar-refractivity contribution in [3.63, 3.8) is 0 Å². The zero-order chi connectivity index (χ0) is 17.0. The Morgan fingerprint density at radius 1 is 1.21 bits per heavy atom. The van der Waals surface area contributed by atoms with Crippen LogP contribution >= 0.6 is 11.8 Å². The number of aliphatic imine (C=N–C) groups is 1. The topological polar surface area (TPSA) is 87.8 Å². The lowest BCUT2D eigenvalue weighted by Crippen LogP contribution is -2.29. The average molecular weight is 367 g/mol. The van der Waals surface area contributed by atoms with Gasteiger partial charge in [-0.15, -0.1) is 0 Å². The first-order valence-electron chi connectivity index (χ1n) is 8.05. The van der Waals surface area contributed by atoms with E-state index >= 15 is 0 Å². The second-order valence-electron chi connectivity index (χ2n) is 5.93. The number of hydrogen-bond donors (Lipinski definition) is 2. The quantitative estimate of drug-likeness (QED) is 0.796. The minimum absolute atomic E-state index is 0.186. The van der Waals surface area contributed by atoms with Gasteiger partial charge in [-0.05, 0) is 50.2 Å². The molecule has 2 heterocycles. The van der Waals surface area contributed by atoms with E-state index in [-0.39, 0.29) is 4.90 Å². The van der Waals surface area contributed by atoms with E-state index in [9.17, 15) is 8.42 Å². The highest BCUT2D eigenvalue weighted by atomic mass is 32.2. The first-order chi connectivity index (χ1) is 11.5. The van der Waals surface area contributed by atoms with Gasteiger partial charge in [0.2, 0.25) is 0 Å². The molecule has 130 valence electrons. The number of nitrogens with two attached hydrogens (primary N) is 1. The van der Waals surface area contributed by atoms with Crippen molar-refractivity contribution < 1.29 is 8.42 Å². The molecule has 0 bridgehead atoms. The second kappa shape index (κ2) is 7.58. The molecule has 8 heteroatoms. The number of benzene rings is 1. The second-order valence-corrected chi connectivity index (χ2v) is 8.73. The molecule has 2 aliphatic heterocycles. The van der Waals surface area contributed by atoms with Crippen molar-refractivity contribution in [1.29, 1.82) is 0 Å². The molecule has 1 aromatic rings. The highest BCUT2D eigenvalue weighted by molar-refractivity contribution is 8.18. The van der Waals surface area contributed by atoms with E-state index in [1.54, 1.807) is 12.1 Å². The van der Waals surface area contributed by atoms with Crippen molar-refractivity contribution in [2.24, 2.45) is 4.99 Å². The van der Waals surface area contributed by atoms with Crippen LogP contribution in [0.2, 0.25) is 0 Å². The molecule has 0 aliphatic carbocycles. The van der Waals surface area contributed by atoms with Gasteiger partial charge in [0.25, 0.3) is 10.0 Å². The van der Waals surface area contributed by atoms with Gasteiger partial charge in [-0.3, -0.25) is 14.6 Å². The highest BCUT2D eigenvalue weighted by Crippen LogP contribution is 2.25. The molecule has 3 rings (SSSR count). The summed E-state index contributed by atoms with van der Waals surface area (Å²) in [5.41, 5.74) is 6.12. The standard InChI is InChI=1S/C16H22N4O2S2/c17-13-4-6-15(7-5-13)24(21,22)19-16-18-12-14(23-16)8-11-20-9-2-1-3-10-20/h4-8H,1-3,9-12,17H2,(H,18,19)/b14-8-. The van der Waals surface area contributed by atoms with Crippen molar-refractivity contribution in [3.8, 4) is 0 Å². The number of thioether (sulfide) groups is 1. The lowest BCUT2D eigenvalue weighted by Gasteiger charge is -2.25. The van der Waals surface area contributed by atoms with E-state index in [2.05, 4.69) is 20.7 Å². The van der Waals surface area contributed by atoms with Crippen molar-refractivity contribution in [2.45, 2.75) is 24.2 Å². The number of likely N-dealkylation sites (tertiary alicyclic amines) is 1. The maximum Gasteiger partial charge on any atom is 0.263 e. The van der Waals surface area contributed by atoms with Crippen LogP contribution in [0.15, 0.2) is 45.1 Å². The lowest BCUT2D eigenvalue weighted by atomic mass is 10.1. The monoisotopic (exact) mass is 366 g/mol. The number of anilines is 1. The zero-order valence-corrected chi connectivity index (χ0v) is 15.1. The lowest BCUT2D eigenvalue weighted by molar-refractivity contribution is 0.251. The zero-order valence-electron chi connectivity index (χ0n) is 13.4. The van der Waals surface area contributed by atoms with Gasteiger partial charge >= 0.3 is 0 Å². The largest absolute Gasteiger partial charge is 0.399 e. The average Bonchev–Trinajstić information content (AvgIpc) is 3.01. The summed E-state index contributed by atoms with van der Waals surface area (Å²) in [6, 6.07) is 6.13. The fraction of sp³-hybridized carbons (Fsp3) is 0.438. The number of nitrogens with one attached hydrogen (secondary N) is 1. The predicted molar refractivity (Wildman–Crippen MR) is 99.4 cm³/mol. The van der Waals surface area contributed by atoms with E-state index in [0.29, 0.717) is 17.4 Å². The minimum atomic E-state index is -3.61. The van der Waals surface area contributed by atoms with Gasteiger partial charge in [0, 0.05) is 17.1 Å². The Balaban J connectivity index is 1.56. The third-order valence-electron chi connectivity index (χ3n) is 4.04. The van der Waals surface area contributed by atoms with E-state index in [4.69, 9.17) is 5.73 Å². The van der Waals surface area contributed by atoms with Gasteiger partial charge in [0.15, 0.2) is 5.17 Å². The summed E-state index contributed by atoms with van der Waals surface area (Å²) in [4.78, 5) is 7.99. The molecule has 0 amide bonds. The summed E-state index contributed by atoms with van der Waals surface area (Å²) in [7, 11) is -3.61. The Bertz CT molecular complexity index is 736. The first kappa shape index (κ1) is 17.3. The van der Waals surface area contributed by atoms with Gasteiger partial charge < -0.3 is 5.73 Å². The normalized spacial score (nSPS) is 21.0. The highest BCUT2D eigenvalue weighted by Gasteiger charge is 2.21. The molecule has 0 radical (unpaired) electrons. The molecular weight excluding hydrogens is 344 g/mol. The van der Waals surface area contributed by atoms with Crippen LogP contribution < -0.4 is 10.5 Å². The Morgan fingerprint density at radius 2 is 1.92 bits per heavy atom. The van der Waals surface area contributed by atoms with Crippen LogP contribution in [-0.2, 0) is 10.0 Å². The van der Waals surface area contributed by atoms with Crippen molar-refractivity contribution in [3.05, 3.63) is 35.2 Å². The minimum Gasteiger partial charge on any atom is -0.399 e. The van der Waals surface area contributed by atoms with Crippen LogP contribution in [0.25, 0.3) is 0 Å². The van der Waals surface area contributed by atoms with Gasteiger partial charge in [-0.1, -0.05) is 24.3 Å². The Hall–Kier alpha value is -1.51. The fourth-order valence-corrected chi connectivity index (χ4v) is 4.76. The van der Waals surface area contributed by atoms with E-state index in [1.807, 2.05) is 0 Å². The number of hydrogen-bond acceptors (Lipinski definition) is 6. The number of piperidine rings is 1. The van der Waals surface area contributed by atoms with E-state index in [1.165, 1.54) is 43.2 Å². The molecule has 0 spiro atoms. The number of nitrogen functional groups attached to an aromatic ring is 1. The molecule has 1 saturated heterocycles. The molecule has 0 saturated carbocycles. The van der Waals surface area contributed by atoms with Crippen LogP contribution in [0.3, 0.4) is 0 Å². The van der Waals surface area contributed by atoms with Crippen LogP contribution in [0.5, 0.6) is 0 Å². The first-order valence-corrected chi connectivity index (χ1v) is 10.3. The summed E-state index contributed by atoms with van der Waals surface area (Å²) in [6.45, 7) is 3.74. The molecule has 6 nitrogen and oxygen atoms in total. The van der Waals surface area contributed by atoms with Crippen molar-refractivity contribution >= 4 is 32.6 Å². The van der Waals surface area contributed by atoms with E-state index < -0.39 is 10.0 Å². The molecule has 0 unspecified atom stereocenters. The summed E-state index contributed by atoms with van der Waals surface area (Å²) >= 11 is 1.39. The van der Waals surface area contributed by atoms with Crippen LogP contribution in [-0.4, -0.2) is 44.7 Å². The van der Waals surface area contributed by atoms with Crippen molar-refractivity contribution in [2.75, 3.05) is 31.9 Å². The number of rotatable bonds is 4. The van der Waals surface area contributed by atoms with Crippen LogP contribution in [0.4, 0.5) is 5.69 Å². The summed E-state index contributed by atoms with van der Waals surface area (Å²) in [5.74, 6) is 0. The number of nitrogens with zero attached hydrogens (tertiary/aromatic N) is 2.